The van der Waals surface area contributed by atoms with Gasteiger partial charge >= 0.3 is 12.2 Å². The number of piperidine rings is 1. The van der Waals surface area contributed by atoms with Crippen molar-refractivity contribution in [3.05, 3.63) is 12.7 Å². The standard InChI is InChI=1S/C19H32N2O5/c1-5-12-25-17(24)21(13-15-6-7-15)19(14-22)8-10-20(11-9-19)16(23)26-18(2,3)4/h5,15,22H,1,6-14H2,2-4H3. The highest BCUT2D eigenvalue weighted by atomic mass is 16.6. The van der Waals surface area contributed by atoms with Crippen LogP contribution < -0.4 is 0 Å². The highest BCUT2D eigenvalue weighted by Gasteiger charge is 2.45. The number of carbonyl (C=O) groups is 2. The second kappa shape index (κ2) is 8.29. The molecule has 1 aliphatic heterocycles. The number of rotatable bonds is 6. The minimum Gasteiger partial charge on any atom is -0.445 e. The molecule has 0 spiro atoms. The Kier molecular flexibility index (Phi) is 6.55. The van der Waals surface area contributed by atoms with Crippen LogP contribution in [0.5, 0.6) is 0 Å². The third-order valence-corrected chi connectivity index (χ3v) is 4.90. The van der Waals surface area contributed by atoms with E-state index in [0.29, 0.717) is 38.4 Å². The van der Waals surface area contributed by atoms with E-state index in [9.17, 15) is 14.7 Å². The molecule has 1 saturated heterocycles. The first-order chi connectivity index (χ1) is 12.2. The van der Waals surface area contributed by atoms with E-state index in [1.165, 1.54) is 6.08 Å². The molecule has 0 aromatic rings. The molecule has 0 aromatic carbocycles. The summed E-state index contributed by atoms with van der Waals surface area (Å²) in [6.45, 7) is 10.5. The van der Waals surface area contributed by atoms with E-state index in [1.54, 1.807) is 9.80 Å². The maximum Gasteiger partial charge on any atom is 0.410 e. The molecule has 2 fully saturated rings. The Morgan fingerprint density at radius 1 is 1.31 bits per heavy atom. The van der Waals surface area contributed by atoms with Crippen LogP contribution in [0.3, 0.4) is 0 Å². The Bertz CT molecular complexity index is 517. The van der Waals surface area contributed by atoms with Crippen molar-refractivity contribution in [2.75, 3.05) is 32.8 Å². The Morgan fingerprint density at radius 3 is 2.38 bits per heavy atom. The quantitative estimate of drug-likeness (QED) is 0.729. The third kappa shape index (κ3) is 5.37. The molecule has 0 atom stereocenters. The second-order valence-corrected chi connectivity index (χ2v) is 8.27. The molecule has 0 unspecified atom stereocenters. The molecule has 0 aromatic heterocycles. The van der Waals surface area contributed by atoms with Crippen LogP contribution in [0.25, 0.3) is 0 Å². The van der Waals surface area contributed by atoms with Crippen molar-refractivity contribution in [1.29, 1.82) is 0 Å². The fraction of sp³-hybridized carbons (Fsp3) is 0.789. The van der Waals surface area contributed by atoms with Crippen molar-refractivity contribution < 1.29 is 24.2 Å². The van der Waals surface area contributed by atoms with Crippen molar-refractivity contribution in [3.63, 3.8) is 0 Å². The second-order valence-electron chi connectivity index (χ2n) is 8.27. The zero-order chi connectivity index (χ0) is 19.4. The monoisotopic (exact) mass is 368 g/mol. The van der Waals surface area contributed by atoms with Crippen molar-refractivity contribution in [2.45, 2.75) is 57.6 Å². The molecule has 2 rings (SSSR count). The number of aliphatic hydroxyl groups excluding tert-OH is 1. The van der Waals surface area contributed by atoms with E-state index in [0.717, 1.165) is 12.8 Å². The van der Waals surface area contributed by atoms with Gasteiger partial charge in [-0.25, -0.2) is 9.59 Å². The summed E-state index contributed by atoms with van der Waals surface area (Å²) in [5.74, 6) is 0.471. The Balaban J connectivity index is 2.05. The number of ether oxygens (including phenoxy) is 2. The van der Waals surface area contributed by atoms with Crippen LogP contribution >= 0.6 is 0 Å². The summed E-state index contributed by atoms with van der Waals surface area (Å²) >= 11 is 0. The topological polar surface area (TPSA) is 79.3 Å². The number of amides is 2. The zero-order valence-corrected chi connectivity index (χ0v) is 16.2. The van der Waals surface area contributed by atoms with Gasteiger partial charge in [0, 0.05) is 19.6 Å². The average molecular weight is 368 g/mol. The van der Waals surface area contributed by atoms with E-state index >= 15 is 0 Å². The van der Waals surface area contributed by atoms with Gasteiger partial charge in [-0.05, 0) is 52.4 Å². The summed E-state index contributed by atoms with van der Waals surface area (Å²) in [5.41, 5.74) is -1.24. The molecule has 7 nitrogen and oxygen atoms in total. The summed E-state index contributed by atoms with van der Waals surface area (Å²) in [7, 11) is 0. The van der Waals surface area contributed by atoms with Gasteiger partial charge < -0.3 is 19.5 Å². The predicted octanol–water partition coefficient (Wildman–Crippen LogP) is 2.78. The maximum atomic E-state index is 12.6. The first-order valence-corrected chi connectivity index (χ1v) is 9.35. The van der Waals surface area contributed by atoms with Crippen LogP contribution in [0.1, 0.15) is 46.5 Å². The highest BCUT2D eigenvalue weighted by molar-refractivity contribution is 5.70. The number of hydrogen-bond donors (Lipinski definition) is 1. The SMILES string of the molecule is C=CCOC(=O)N(CC1CC1)C1(CO)CCN(C(=O)OC(C)(C)C)CC1. The number of aliphatic hydroxyl groups is 1. The first kappa shape index (κ1) is 20.6. The minimum atomic E-state index is -0.695. The fourth-order valence-corrected chi connectivity index (χ4v) is 3.17. The first-order valence-electron chi connectivity index (χ1n) is 9.35. The molecule has 1 heterocycles. The van der Waals surface area contributed by atoms with Crippen LogP contribution in [0.2, 0.25) is 0 Å². The third-order valence-electron chi connectivity index (χ3n) is 4.90. The van der Waals surface area contributed by atoms with Crippen molar-refractivity contribution in [2.24, 2.45) is 5.92 Å². The van der Waals surface area contributed by atoms with E-state index in [2.05, 4.69) is 6.58 Å². The molecule has 1 saturated carbocycles. The average Bonchev–Trinajstić information content (AvgIpc) is 3.40. The summed E-state index contributed by atoms with van der Waals surface area (Å²) in [6.07, 6.45) is 3.94. The molecular weight excluding hydrogens is 336 g/mol. The van der Waals surface area contributed by atoms with E-state index < -0.39 is 17.2 Å². The van der Waals surface area contributed by atoms with Gasteiger partial charge in [-0.2, -0.15) is 0 Å². The molecule has 26 heavy (non-hydrogen) atoms. The normalized spacial score (nSPS) is 19.6. The fourth-order valence-electron chi connectivity index (χ4n) is 3.17. The number of nitrogens with zero attached hydrogens (tertiary/aromatic N) is 2. The van der Waals surface area contributed by atoms with Gasteiger partial charge in [-0.1, -0.05) is 12.7 Å². The lowest BCUT2D eigenvalue weighted by Crippen LogP contribution is -2.61. The van der Waals surface area contributed by atoms with Gasteiger partial charge in [0.1, 0.15) is 12.2 Å². The van der Waals surface area contributed by atoms with Gasteiger partial charge in [0.05, 0.1) is 12.1 Å². The molecule has 2 amide bonds. The Morgan fingerprint density at radius 2 is 1.92 bits per heavy atom. The highest BCUT2D eigenvalue weighted by Crippen LogP contribution is 2.36. The molecule has 2 aliphatic rings. The summed E-state index contributed by atoms with van der Waals surface area (Å²) < 4.78 is 10.7. The molecule has 7 heteroatoms. The molecule has 0 radical (unpaired) electrons. The Hall–Kier alpha value is -1.76. The van der Waals surface area contributed by atoms with E-state index in [-0.39, 0.29) is 19.3 Å². The zero-order valence-electron chi connectivity index (χ0n) is 16.2. The number of carbonyl (C=O) groups excluding carboxylic acids is 2. The van der Waals surface area contributed by atoms with E-state index in [4.69, 9.17) is 9.47 Å². The molecule has 1 N–H and O–H groups in total. The summed E-state index contributed by atoms with van der Waals surface area (Å²) in [6, 6.07) is 0. The van der Waals surface area contributed by atoms with Crippen molar-refractivity contribution >= 4 is 12.2 Å². The minimum absolute atomic E-state index is 0.144. The van der Waals surface area contributed by atoms with E-state index in [1.807, 2.05) is 20.8 Å². The van der Waals surface area contributed by atoms with Crippen LogP contribution in [0.15, 0.2) is 12.7 Å². The van der Waals surface area contributed by atoms with Crippen LogP contribution in [-0.4, -0.2) is 71.1 Å². The number of likely N-dealkylation sites (tertiary alicyclic amines) is 1. The van der Waals surface area contributed by atoms with Gasteiger partial charge in [-0.3, -0.25) is 4.90 Å². The Labute approximate surface area is 155 Å². The lowest BCUT2D eigenvalue weighted by atomic mass is 9.86. The largest absolute Gasteiger partial charge is 0.445 e. The molecule has 0 bridgehead atoms. The lowest BCUT2D eigenvalue weighted by molar-refractivity contribution is -0.0281. The number of hydrogen-bond acceptors (Lipinski definition) is 5. The van der Waals surface area contributed by atoms with Crippen molar-refractivity contribution in [1.82, 2.24) is 9.80 Å². The molecular formula is C19H32N2O5. The summed E-state index contributed by atoms with van der Waals surface area (Å²) in [4.78, 5) is 28.2. The smallest absolute Gasteiger partial charge is 0.410 e. The van der Waals surface area contributed by atoms with Crippen LogP contribution in [0, 0.1) is 5.92 Å². The van der Waals surface area contributed by atoms with Gasteiger partial charge in [-0.15, -0.1) is 0 Å². The van der Waals surface area contributed by atoms with Crippen molar-refractivity contribution in [3.8, 4) is 0 Å². The van der Waals surface area contributed by atoms with Crippen LogP contribution in [0.4, 0.5) is 9.59 Å². The van der Waals surface area contributed by atoms with Crippen LogP contribution in [-0.2, 0) is 9.47 Å². The van der Waals surface area contributed by atoms with Gasteiger partial charge in [0.2, 0.25) is 0 Å². The predicted molar refractivity (Wildman–Crippen MR) is 97.8 cm³/mol. The lowest BCUT2D eigenvalue weighted by Gasteiger charge is -2.47. The molecule has 1 aliphatic carbocycles. The van der Waals surface area contributed by atoms with Gasteiger partial charge in [0.15, 0.2) is 0 Å². The maximum absolute atomic E-state index is 12.6. The van der Waals surface area contributed by atoms with Gasteiger partial charge in [0.25, 0.3) is 0 Å². The molecule has 148 valence electrons. The summed E-state index contributed by atoms with van der Waals surface area (Å²) in [5, 5.41) is 10.1.